The molecule has 0 bridgehead atoms. The van der Waals surface area contributed by atoms with Gasteiger partial charge in [-0.25, -0.2) is 0 Å². The van der Waals surface area contributed by atoms with Crippen LogP contribution in [-0.2, 0) is 11.2 Å². The lowest BCUT2D eigenvalue weighted by molar-refractivity contribution is -0.121. The van der Waals surface area contributed by atoms with Crippen LogP contribution in [0.4, 0.5) is 0 Å². The predicted molar refractivity (Wildman–Crippen MR) is 96.7 cm³/mol. The molecule has 0 spiro atoms. The number of aryl methyl sites for hydroxylation is 1. The van der Waals surface area contributed by atoms with Gasteiger partial charge in [0.2, 0.25) is 5.91 Å². The lowest BCUT2D eigenvalue weighted by atomic mass is 10.1. The van der Waals surface area contributed by atoms with Gasteiger partial charge in [0.15, 0.2) is 0 Å². The van der Waals surface area contributed by atoms with Gasteiger partial charge in [0, 0.05) is 23.0 Å². The molecule has 0 saturated heterocycles. The fraction of sp³-hybridized carbons (Fsp3) is 0.263. The summed E-state index contributed by atoms with van der Waals surface area (Å²) < 4.78 is 0.926. The molecule has 0 radical (unpaired) electrons. The Balaban J connectivity index is 1.45. The molecule has 0 saturated carbocycles. The van der Waals surface area contributed by atoms with Crippen molar-refractivity contribution in [1.29, 1.82) is 0 Å². The Hall–Kier alpha value is -2.14. The highest BCUT2D eigenvalue weighted by molar-refractivity contribution is 9.10. The molecule has 1 unspecified atom stereocenters. The summed E-state index contributed by atoms with van der Waals surface area (Å²) in [6, 6.07) is 15.4. The first kappa shape index (κ1) is 16.7. The first-order chi connectivity index (χ1) is 11.6. The molecule has 3 rings (SSSR count). The number of rotatable bonds is 5. The number of hydrogen-bond acceptors (Lipinski definition) is 2. The number of benzene rings is 2. The number of amides is 2. The van der Waals surface area contributed by atoms with Crippen molar-refractivity contribution in [2.24, 2.45) is 0 Å². The summed E-state index contributed by atoms with van der Waals surface area (Å²) in [5.74, 6) is -0.200. The van der Waals surface area contributed by atoms with Crippen LogP contribution in [-0.4, -0.2) is 18.4 Å². The maximum Gasteiger partial charge on any atom is 0.251 e. The van der Waals surface area contributed by atoms with Crippen LogP contribution in [0.2, 0.25) is 0 Å². The zero-order valence-electron chi connectivity index (χ0n) is 13.2. The largest absolute Gasteiger partial charge is 0.352 e. The summed E-state index contributed by atoms with van der Waals surface area (Å²) in [6.07, 6.45) is 2.22. The molecule has 2 aromatic carbocycles. The molecule has 2 N–H and O–H groups in total. The van der Waals surface area contributed by atoms with Crippen LogP contribution in [0.15, 0.2) is 53.0 Å². The fourth-order valence-corrected chi connectivity index (χ4v) is 3.23. The SMILES string of the molecule is O=C(CCNC(=O)c1ccc(Br)cc1)NC1CCc2ccccc21. The monoisotopic (exact) mass is 386 g/mol. The molecule has 1 aliphatic rings. The van der Waals surface area contributed by atoms with E-state index in [9.17, 15) is 9.59 Å². The Morgan fingerprint density at radius 1 is 1.08 bits per heavy atom. The Labute approximate surface area is 149 Å². The Bertz CT molecular complexity index is 743. The van der Waals surface area contributed by atoms with Crippen molar-refractivity contribution in [2.75, 3.05) is 6.54 Å². The number of carbonyl (C=O) groups excluding carboxylic acids is 2. The molecule has 0 aromatic heterocycles. The highest BCUT2D eigenvalue weighted by Gasteiger charge is 2.23. The maximum absolute atomic E-state index is 12.1. The van der Waals surface area contributed by atoms with Crippen molar-refractivity contribution in [2.45, 2.75) is 25.3 Å². The van der Waals surface area contributed by atoms with Gasteiger partial charge in [-0.1, -0.05) is 40.2 Å². The minimum Gasteiger partial charge on any atom is -0.352 e. The van der Waals surface area contributed by atoms with E-state index >= 15 is 0 Å². The van der Waals surface area contributed by atoms with Gasteiger partial charge in [-0.3, -0.25) is 9.59 Å². The molecule has 0 fully saturated rings. The van der Waals surface area contributed by atoms with Gasteiger partial charge in [-0.2, -0.15) is 0 Å². The number of fused-ring (bicyclic) bond motifs is 1. The first-order valence-corrected chi connectivity index (χ1v) is 8.84. The van der Waals surface area contributed by atoms with Crippen LogP contribution in [0.1, 0.15) is 40.4 Å². The summed E-state index contributed by atoms with van der Waals surface area (Å²) in [5, 5.41) is 5.84. The minimum absolute atomic E-state index is 0.0344. The molecular weight excluding hydrogens is 368 g/mol. The van der Waals surface area contributed by atoms with E-state index in [2.05, 4.69) is 38.7 Å². The second-order valence-corrected chi connectivity index (χ2v) is 6.79. The average molecular weight is 387 g/mol. The van der Waals surface area contributed by atoms with Crippen molar-refractivity contribution in [3.63, 3.8) is 0 Å². The van der Waals surface area contributed by atoms with Gasteiger partial charge >= 0.3 is 0 Å². The third-order valence-electron chi connectivity index (χ3n) is 4.21. The number of carbonyl (C=O) groups is 2. The molecule has 0 heterocycles. The molecular formula is C19H19BrN2O2. The lowest BCUT2D eigenvalue weighted by Gasteiger charge is -2.14. The fourth-order valence-electron chi connectivity index (χ4n) is 2.97. The minimum atomic E-state index is -0.165. The van der Waals surface area contributed by atoms with Crippen LogP contribution in [0.25, 0.3) is 0 Å². The summed E-state index contributed by atoms with van der Waals surface area (Å²) in [4.78, 5) is 24.1. The molecule has 0 aliphatic heterocycles. The van der Waals surface area contributed by atoms with E-state index in [1.54, 1.807) is 12.1 Å². The maximum atomic E-state index is 12.1. The van der Waals surface area contributed by atoms with Crippen LogP contribution in [0.5, 0.6) is 0 Å². The third-order valence-corrected chi connectivity index (χ3v) is 4.74. The van der Waals surface area contributed by atoms with E-state index in [0.29, 0.717) is 12.1 Å². The van der Waals surface area contributed by atoms with Crippen LogP contribution in [0.3, 0.4) is 0 Å². The third kappa shape index (κ3) is 4.03. The predicted octanol–water partition coefficient (Wildman–Crippen LogP) is 3.37. The zero-order valence-corrected chi connectivity index (χ0v) is 14.8. The highest BCUT2D eigenvalue weighted by atomic mass is 79.9. The lowest BCUT2D eigenvalue weighted by Crippen LogP contribution is -2.32. The molecule has 2 amide bonds. The second-order valence-electron chi connectivity index (χ2n) is 5.87. The van der Waals surface area contributed by atoms with E-state index < -0.39 is 0 Å². The Morgan fingerprint density at radius 2 is 1.83 bits per heavy atom. The van der Waals surface area contributed by atoms with Gasteiger partial charge in [-0.05, 0) is 48.2 Å². The topological polar surface area (TPSA) is 58.2 Å². The van der Waals surface area contributed by atoms with Crippen molar-refractivity contribution in [3.05, 3.63) is 69.7 Å². The van der Waals surface area contributed by atoms with Crippen molar-refractivity contribution >= 4 is 27.7 Å². The molecule has 2 aromatic rings. The van der Waals surface area contributed by atoms with E-state index in [-0.39, 0.29) is 24.3 Å². The van der Waals surface area contributed by atoms with E-state index in [1.807, 2.05) is 24.3 Å². The van der Waals surface area contributed by atoms with Gasteiger partial charge in [0.05, 0.1) is 6.04 Å². The smallest absolute Gasteiger partial charge is 0.251 e. The molecule has 24 heavy (non-hydrogen) atoms. The van der Waals surface area contributed by atoms with E-state index in [4.69, 9.17) is 0 Å². The summed E-state index contributed by atoms with van der Waals surface area (Å²) in [6.45, 7) is 0.328. The Morgan fingerprint density at radius 3 is 2.62 bits per heavy atom. The van der Waals surface area contributed by atoms with Gasteiger partial charge in [-0.15, -0.1) is 0 Å². The average Bonchev–Trinajstić information content (AvgIpc) is 2.98. The van der Waals surface area contributed by atoms with Crippen LogP contribution < -0.4 is 10.6 Å². The quantitative estimate of drug-likeness (QED) is 0.827. The molecule has 5 heteroatoms. The second kappa shape index (κ2) is 7.62. The normalized spacial score (nSPS) is 15.6. The Kier molecular flexibility index (Phi) is 5.30. The highest BCUT2D eigenvalue weighted by Crippen LogP contribution is 2.30. The molecule has 4 nitrogen and oxygen atoms in total. The van der Waals surface area contributed by atoms with Crippen molar-refractivity contribution in [3.8, 4) is 0 Å². The summed E-state index contributed by atoms with van der Waals surface area (Å²) in [5.41, 5.74) is 3.11. The number of halogens is 1. The molecule has 1 aliphatic carbocycles. The molecule has 1 atom stereocenters. The molecule has 124 valence electrons. The standard InChI is InChI=1S/C19H19BrN2O2/c20-15-8-5-14(6-9-15)19(24)21-12-11-18(23)22-17-10-7-13-3-1-2-4-16(13)17/h1-6,8-9,17H,7,10-12H2,(H,21,24)(H,22,23). The first-order valence-electron chi connectivity index (χ1n) is 8.04. The van der Waals surface area contributed by atoms with Crippen molar-refractivity contribution in [1.82, 2.24) is 10.6 Å². The van der Waals surface area contributed by atoms with Crippen LogP contribution in [0, 0.1) is 0 Å². The van der Waals surface area contributed by atoms with Crippen molar-refractivity contribution < 1.29 is 9.59 Å². The van der Waals surface area contributed by atoms with E-state index in [0.717, 1.165) is 17.3 Å². The van der Waals surface area contributed by atoms with Crippen LogP contribution >= 0.6 is 15.9 Å². The van der Waals surface area contributed by atoms with Gasteiger partial charge in [0.25, 0.3) is 5.91 Å². The number of hydrogen-bond donors (Lipinski definition) is 2. The van der Waals surface area contributed by atoms with E-state index in [1.165, 1.54) is 11.1 Å². The summed E-state index contributed by atoms with van der Waals surface area (Å²) >= 11 is 3.33. The number of nitrogens with one attached hydrogen (secondary N) is 2. The van der Waals surface area contributed by atoms with Gasteiger partial charge < -0.3 is 10.6 Å². The zero-order chi connectivity index (χ0) is 16.9. The summed E-state index contributed by atoms with van der Waals surface area (Å²) in [7, 11) is 0. The van der Waals surface area contributed by atoms with Gasteiger partial charge in [0.1, 0.15) is 0 Å².